The number of hydrogen-bond donors (Lipinski definition) is 1. The van der Waals surface area contributed by atoms with E-state index in [-0.39, 0.29) is 12.1 Å². The van der Waals surface area contributed by atoms with E-state index >= 15 is 0 Å². The maximum Gasteiger partial charge on any atom is 0.322 e. The first-order valence-corrected chi connectivity index (χ1v) is 3.74. The fourth-order valence-electron chi connectivity index (χ4n) is 0.877. The van der Waals surface area contributed by atoms with Gasteiger partial charge >= 0.3 is 5.97 Å². The van der Waals surface area contributed by atoms with Crippen molar-refractivity contribution in [2.24, 2.45) is 5.73 Å². The lowest BCUT2D eigenvalue weighted by molar-refractivity contribution is -0.150. The molecule has 1 saturated heterocycles. The van der Waals surface area contributed by atoms with Crippen molar-refractivity contribution >= 4 is 5.97 Å². The summed E-state index contributed by atoms with van der Waals surface area (Å²) >= 11 is 0. The minimum Gasteiger partial charge on any atom is -0.459 e. The number of carbonyl (C=O) groups excluding carboxylic acids is 1. The average molecular weight is 159 g/mol. The van der Waals surface area contributed by atoms with Crippen LogP contribution in [-0.4, -0.2) is 31.3 Å². The maximum absolute atomic E-state index is 10.9. The third-order valence-corrected chi connectivity index (χ3v) is 1.54. The van der Waals surface area contributed by atoms with Crippen LogP contribution >= 0.6 is 0 Å². The normalized spacial score (nSPS) is 26.5. The molecule has 1 aliphatic heterocycles. The molecular weight excluding hydrogens is 146 g/mol. The van der Waals surface area contributed by atoms with Crippen LogP contribution < -0.4 is 5.73 Å². The van der Waals surface area contributed by atoms with Gasteiger partial charge in [0.05, 0.1) is 13.2 Å². The summed E-state index contributed by atoms with van der Waals surface area (Å²) < 4.78 is 10.0. The van der Waals surface area contributed by atoms with Crippen LogP contribution in [0.1, 0.15) is 13.3 Å². The van der Waals surface area contributed by atoms with Gasteiger partial charge in [0.2, 0.25) is 0 Å². The quantitative estimate of drug-likeness (QED) is 0.560. The summed E-state index contributed by atoms with van der Waals surface area (Å²) in [5.74, 6) is -0.347. The Hall–Kier alpha value is -0.610. The van der Waals surface area contributed by atoms with Crippen molar-refractivity contribution < 1.29 is 14.3 Å². The van der Waals surface area contributed by atoms with E-state index in [0.29, 0.717) is 13.2 Å². The lowest BCUT2D eigenvalue weighted by Gasteiger charge is -2.11. The largest absolute Gasteiger partial charge is 0.459 e. The van der Waals surface area contributed by atoms with Crippen LogP contribution in [0.15, 0.2) is 0 Å². The molecule has 1 aliphatic rings. The van der Waals surface area contributed by atoms with Crippen molar-refractivity contribution in [1.29, 1.82) is 0 Å². The summed E-state index contributed by atoms with van der Waals surface area (Å²) in [7, 11) is 0. The van der Waals surface area contributed by atoms with Gasteiger partial charge in [0, 0.05) is 6.42 Å². The Morgan fingerprint density at radius 2 is 2.55 bits per heavy atom. The van der Waals surface area contributed by atoms with Crippen molar-refractivity contribution in [2.45, 2.75) is 25.5 Å². The van der Waals surface area contributed by atoms with E-state index in [9.17, 15) is 4.79 Å². The van der Waals surface area contributed by atoms with E-state index in [1.54, 1.807) is 6.92 Å². The Balaban J connectivity index is 2.24. The van der Waals surface area contributed by atoms with E-state index in [1.807, 2.05) is 0 Å². The highest BCUT2D eigenvalue weighted by atomic mass is 16.6. The highest BCUT2D eigenvalue weighted by molar-refractivity contribution is 5.75. The summed E-state index contributed by atoms with van der Waals surface area (Å²) in [4.78, 5) is 10.9. The number of hydrogen-bond acceptors (Lipinski definition) is 4. The summed E-state index contributed by atoms with van der Waals surface area (Å²) in [5, 5.41) is 0. The standard InChI is InChI=1S/C7H13NO3/c1-5(8)7(9)11-6-2-3-10-4-6/h5-6H,2-4,8H2,1H3/t5-,6?/m1/s1. The molecule has 1 unspecified atom stereocenters. The predicted molar refractivity (Wildman–Crippen MR) is 39.0 cm³/mol. The van der Waals surface area contributed by atoms with Gasteiger partial charge in [-0.1, -0.05) is 0 Å². The van der Waals surface area contributed by atoms with E-state index in [2.05, 4.69) is 0 Å². The van der Waals surface area contributed by atoms with Crippen LogP contribution in [0.5, 0.6) is 0 Å². The molecule has 1 rings (SSSR count). The predicted octanol–water partition coefficient (Wildman–Crippen LogP) is -0.334. The molecule has 2 N–H and O–H groups in total. The van der Waals surface area contributed by atoms with E-state index in [0.717, 1.165) is 6.42 Å². The molecule has 0 saturated carbocycles. The highest BCUT2D eigenvalue weighted by Crippen LogP contribution is 2.08. The molecule has 0 radical (unpaired) electrons. The van der Waals surface area contributed by atoms with E-state index in [1.165, 1.54) is 0 Å². The molecule has 0 bridgehead atoms. The smallest absolute Gasteiger partial charge is 0.322 e. The molecule has 0 aromatic heterocycles. The SMILES string of the molecule is C[C@@H](N)C(=O)OC1CCOC1. The zero-order valence-electron chi connectivity index (χ0n) is 6.58. The van der Waals surface area contributed by atoms with Gasteiger partial charge in [-0.25, -0.2) is 0 Å². The monoisotopic (exact) mass is 159 g/mol. The number of ether oxygens (including phenoxy) is 2. The molecule has 0 aromatic carbocycles. The summed E-state index contributed by atoms with van der Waals surface area (Å²) in [5.41, 5.74) is 5.30. The maximum atomic E-state index is 10.9. The van der Waals surface area contributed by atoms with Crippen LogP contribution in [0.4, 0.5) is 0 Å². The zero-order valence-corrected chi connectivity index (χ0v) is 6.58. The molecule has 1 heterocycles. The first-order valence-electron chi connectivity index (χ1n) is 3.74. The minimum absolute atomic E-state index is 0.0755. The average Bonchev–Trinajstić information content (AvgIpc) is 2.39. The molecule has 1 fully saturated rings. The van der Waals surface area contributed by atoms with Crippen molar-refractivity contribution in [1.82, 2.24) is 0 Å². The molecule has 0 spiro atoms. The summed E-state index contributed by atoms with van der Waals surface area (Å²) in [6.45, 7) is 2.80. The third kappa shape index (κ3) is 2.48. The van der Waals surface area contributed by atoms with Gasteiger partial charge in [-0.3, -0.25) is 4.79 Å². The van der Waals surface area contributed by atoms with Crippen molar-refractivity contribution in [2.75, 3.05) is 13.2 Å². The second-order valence-electron chi connectivity index (χ2n) is 2.71. The number of esters is 1. The summed E-state index contributed by atoms with van der Waals surface area (Å²) in [6.07, 6.45) is 0.715. The number of nitrogens with two attached hydrogens (primary N) is 1. The lowest BCUT2D eigenvalue weighted by Crippen LogP contribution is -2.32. The fourth-order valence-corrected chi connectivity index (χ4v) is 0.877. The molecular formula is C7H13NO3. The van der Waals surface area contributed by atoms with Gasteiger partial charge < -0.3 is 15.2 Å². The molecule has 0 aliphatic carbocycles. The minimum atomic E-state index is -0.532. The van der Waals surface area contributed by atoms with E-state index < -0.39 is 6.04 Å². The lowest BCUT2D eigenvalue weighted by atomic mass is 10.3. The highest BCUT2D eigenvalue weighted by Gasteiger charge is 2.21. The van der Waals surface area contributed by atoms with Crippen LogP contribution in [-0.2, 0) is 14.3 Å². The second kappa shape index (κ2) is 3.69. The van der Waals surface area contributed by atoms with Crippen LogP contribution in [0, 0.1) is 0 Å². The van der Waals surface area contributed by atoms with Gasteiger partial charge in [-0.2, -0.15) is 0 Å². The Bertz CT molecular complexity index is 141. The first-order chi connectivity index (χ1) is 5.20. The van der Waals surface area contributed by atoms with Crippen LogP contribution in [0.2, 0.25) is 0 Å². The molecule has 4 heteroatoms. The Morgan fingerprint density at radius 1 is 1.82 bits per heavy atom. The zero-order chi connectivity index (χ0) is 8.27. The number of carbonyl (C=O) groups is 1. The van der Waals surface area contributed by atoms with Crippen LogP contribution in [0.3, 0.4) is 0 Å². The molecule has 0 amide bonds. The number of rotatable bonds is 2. The van der Waals surface area contributed by atoms with Crippen LogP contribution in [0.25, 0.3) is 0 Å². The molecule has 0 aromatic rings. The second-order valence-corrected chi connectivity index (χ2v) is 2.71. The van der Waals surface area contributed by atoms with Gasteiger partial charge in [0.15, 0.2) is 0 Å². The van der Waals surface area contributed by atoms with Crippen molar-refractivity contribution in [3.63, 3.8) is 0 Å². The topological polar surface area (TPSA) is 61.6 Å². The fraction of sp³-hybridized carbons (Fsp3) is 0.857. The summed E-state index contributed by atoms with van der Waals surface area (Å²) in [6, 6.07) is -0.532. The molecule has 2 atom stereocenters. The Labute approximate surface area is 65.7 Å². The van der Waals surface area contributed by atoms with Gasteiger partial charge in [-0.05, 0) is 6.92 Å². The van der Waals surface area contributed by atoms with E-state index in [4.69, 9.17) is 15.2 Å². The molecule has 4 nitrogen and oxygen atoms in total. The van der Waals surface area contributed by atoms with Crippen molar-refractivity contribution in [3.8, 4) is 0 Å². The molecule has 11 heavy (non-hydrogen) atoms. The first kappa shape index (κ1) is 8.49. The Morgan fingerprint density at radius 3 is 3.00 bits per heavy atom. The van der Waals surface area contributed by atoms with Gasteiger partial charge in [0.1, 0.15) is 12.1 Å². The van der Waals surface area contributed by atoms with Gasteiger partial charge in [-0.15, -0.1) is 0 Å². The Kier molecular flexibility index (Phi) is 2.84. The van der Waals surface area contributed by atoms with Crippen molar-refractivity contribution in [3.05, 3.63) is 0 Å². The molecule has 64 valence electrons. The third-order valence-electron chi connectivity index (χ3n) is 1.54. The van der Waals surface area contributed by atoms with Gasteiger partial charge in [0.25, 0.3) is 0 Å².